The Morgan fingerprint density at radius 3 is 2.55 bits per heavy atom. The molecule has 7 nitrogen and oxygen atoms in total. The van der Waals surface area contributed by atoms with Crippen LogP contribution < -0.4 is 9.54 Å². The van der Waals surface area contributed by atoms with Crippen LogP contribution in [0.3, 0.4) is 0 Å². The highest BCUT2D eigenvalue weighted by atomic mass is 32.1. The monoisotopic (exact) mass is 442 g/mol. The number of amides is 1. The normalized spacial score (nSPS) is 11.6. The van der Waals surface area contributed by atoms with E-state index in [1.807, 2.05) is 48.7 Å². The fraction of sp³-hybridized carbons (Fsp3) is 0.348. The number of carbonyl (C=O) groups excluding carboxylic acids is 2. The summed E-state index contributed by atoms with van der Waals surface area (Å²) in [5.74, 6) is -0.142. The predicted molar refractivity (Wildman–Crippen MR) is 120 cm³/mol. The number of ether oxygens (including phenoxy) is 3. The SMILES string of the molecule is CCOCCn1c(=NC(=O)COc2ccc(C)cc2)sc2cc(C(=O)OCC)ccc21. The van der Waals surface area contributed by atoms with Crippen LogP contribution in [0, 0.1) is 6.92 Å². The molecule has 3 rings (SSSR count). The molecule has 0 atom stereocenters. The van der Waals surface area contributed by atoms with Crippen molar-refractivity contribution in [1.29, 1.82) is 0 Å². The van der Waals surface area contributed by atoms with Crippen LogP contribution in [-0.2, 0) is 20.8 Å². The smallest absolute Gasteiger partial charge is 0.338 e. The molecule has 0 radical (unpaired) electrons. The summed E-state index contributed by atoms with van der Waals surface area (Å²) in [4.78, 5) is 29.3. The minimum absolute atomic E-state index is 0.156. The molecule has 164 valence electrons. The molecule has 0 fully saturated rings. The van der Waals surface area contributed by atoms with Crippen LogP contribution in [0.2, 0.25) is 0 Å². The van der Waals surface area contributed by atoms with Gasteiger partial charge in [0.1, 0.15) is 5.75 Å². The zero-order valence-corrected chi connectivity index (χ0v) is 18.7. The van der Waals surface area contributed by atoms with Gasteiger partial charge in [0.2, 0.25) is 0 Å². The molecule has 0 aliphatic rings. The number of fused-ring (bicyclic) bond motifs is 1. The van der Waals surface area contributed by atoms with Crippen LogP contribution in [-0.4, -0.2) is 42.9 Å². The van der Waals surface area contributed by atoms with Gasteiger partial charge in [0.05, 0.1) is 29.0 Å². The van der Waals surface area contributed by atoms with E-state index < -0.39 is 0 Å². The third-order valence-corrected chi connectivity index (χ3v) is 5.50. The maximum Gasteiger partial charge on any atom is 0.338 e. The molecule has 0 spiro atoms. The summed E-state index contributed by atoms with van der Waals surface area (Å²) in [7, 11) is 0. The first-order valence-electron chi connectivity index (χ1n) is 10.2. The number of nitrogens with zero attached hydrogens (tertiary/aromatic N) is 2. The molecule has 0 bridgehead atoms. The summed E-state index contributed by atoms with van der Waals surface area (Å²) in [6, 6.07) is 12.8. The van der Waals surface area contributed by atoms with Gasteiger partial charge in [0.15, 0.2) is 11.4 Å². The summed E-state index contributed by atoms with van der Waals surface area (Å²) in [6.07, 6.45) is 0. The van der Waals surface area contributed by atoms with Crippen molar-refractivity contribution in [3.05, 3.63) is 58.4 Å². The molecule has 1 amide bonds. The van der Waals surface area contributed by atoms with Crippen LogP contribution in [0.25, 0.3) is 10.2 Å². The zero-order valence-electron chi connectivity index (χ0n) is 17.9. The molecule has 1 heterocycles. The lowest BCUT2D eigenvalue weighted by Gasteiger charge is -2.06. The number of hydrogen-bond acceptors (Lipinski definition) is 6. The lowest BCUT2D eigenvalue weighted by molar-refractivity contribution is -0.120. The Morgan fingerprint density at radius 2 is 1.84 bits per heavy atom. The second-order valence-electron chi connectivity index (χ2n) is 6.74. The quantitative estimate of drug-likeness (QED) is 0.373. The molecule has 31 heavy (non-hydrogen) atoms. The minimum atomic E-state index is -0.386. The highest BCUT2D eigenvalue weighted by Crippen LogP contribution is 2.20. The number of benzene rings is 2. The van der Waals surface area contributed by atoms with Gasteiger partial charge >= 0.3 is 5.97 Å². The van der Waals surface area contributed by atoms with Crippen LogP contribution in [0.5, 0.6) is 5.75 Å². The fourth-order valence-electron chi connectivity index (χ4n) is 2.93. The van der Waals surface area contributed by atoms with Gasteiger partial charge in [-0.05, 0) is 51.1 Å². The molecule has 8 heteroatoms. The Balaban J connectivity index is 1.88. The third kappa shape index (κ3) is 6.02. The van der Waals surface area contributed by atoms with E-state index in [0.717, 1.165) is 15.8 Å². The second-order valence-corrected chi connectivity index (χ2v) is 7.75. The van der Waals surface area contributed by atoms with E-state index >= 15 is 0 Å². The van der Waals surface area contributed by atoms with E-state index in [4.69, 9.17) is 14.2 Å². The summed E-state index contributed by atoms with van der Waals surface area (Å²) < 4.78 is 18.9. The maximum atomic E-state index is 12.5. The zero-order chi connectivity index (χ0) is 22.2. The standard InChI is InChI=1S/C23H26N2O5S/c1-4-28-13-12-25-19-11-8-17(22(27)29-5-2)14-20(19)31-23(25)24-21(26)15-30-18-9-6-16(3)7-10-18/h6-11,14H,4-5,12-13,15H2,1-3H3. The van der Waals surface area contributed by atoms with E-state index in [1.165, 1.54) is 11.3 Å². The van der Waals surface area contributed by atoms with Crippen LogP contribution in [0.4, 0.5) is 0 Å². The lowest BCUT2D eigenvalue weighted by atomic mass is 10.2. The van der Waals surface area contributed by atoms with Crippen molar-refractivity contribution < 1.29 is 23.8 Å². The van der Waals surface area contributed by atoms with Gasteiger partial charge in [0.25, 0.3) is 5.91 Å². The van der Waals surface area contributed by atoms with Gasteiger partial charge in [-0.3, -0.25) is 4.79 Å². The van der Waals surface area contributed by atoms with E-state index in [2.05, 4.69) is 4.99 Å². The number of aromatic nitrogens is 1. The van der Waals surface area contributed by atoms with Crippen molar-refractivity contribution in [3.8, 4) is 5.75 Å². The number of carbonyl (C=O) groups is 2. The number of rotatable bonds is 9. The highest BCUT2D eigenvalue weighted by Gasteiger charge is 2.13. The topological polar surface area (TPSA) is 79.1 Å². The van der Waals surface area contributed by atoms with E-state index in [0.29, 0.717) is 42.5 Å². The number of thiazole rings is 1. The molecule has 0 unspecified atom stereocenters. The average molecular weight is 443 g/mol. The van der Waals surface area contributed by atoms with Crippen molar-refractivity contribution in [1.82, 2.24) is 4.57 Å². The van der Waals surface area contributed by atoms with Gasteiger partial charge < -0.3 is 18.8 Å². The molecule has 1 aromatic heterocycles. The minimum Gasteiger partial charge on any atom is -0.484 e. The Labute approximate surface area is 184 Å². The van der Waals surface area contributed by atoms with Crippen molar-refractivity contribution in [2.45, 2.75) is 27.3 Å². The van der Waals surface area contributed by atoms with E-state index in [9.17, 15) is 9.59 Å². The third-order valence-electron chi connectivity index (χ3n) is 4.46. The lowest BCUT2D eigenvalue weighted by Crippen LogP contribution is -2.21. The summed E-state index contributed by atoms with van der Waals surface area (Å²) >= 11 is 1.34. The Kier molecular flexibility index (Phi) is 7.97. The molecule has 3 aromatic rings. The van der Waals surface area contributed by atoms with Crippen LogP contribution >= 0.6 is 11.3 Å². The fourth-order valence-corrected chi connectivity index (χ4v) is 4.05. The Hall–Kier alpha value is -2.97. The molecule has 0 aliphatic carbocycles. The molecule has 2 aromatic carbocycles. The van der Waals surface area contributed by atoms with Gasteiger partial charge in [-0.1, -0.05) is 29.0 Å². The Morgan fingerprint density at radius 1 is 1.06 bits per heavy atom. The van der Waals surface area contributed by atoms with Crippen LogP contribution in [0.1, 0.15) is 29.8 Å². The van der Waals surface area contributed by atoms with Crippen molar-refractivity contribution in [2.24, 2.45) is 4.99 Å². The van der Waals surface area contributed by atoms with Gasteiger partial charge in [-0.25, -0.2) is 4.79 Å². The predicted octanol–water partition coefficient (Wildman–Crippen LogP) is 3.73. The largest absolute Gasteiger partial charge is 0.484 e. The first kappa shape index (κ1) is 22.7. The highest BCUT2D eigenvalue weighted by molar-refractivity contribution is 7.16. The number of esters is 1. The molecule has 0 N–H and O–H groups in total. The number of aryl methyl sites for hydroxylation is 1. The molecule has 0 saturated heterocycles. The Bertz CT molecular complexity index is 1120. The van der Waals surface area contributed by atoms with Crippen molar-refractivity contribution in [3.63, 3.8) is 0 Å². The first-order chi connectivity index (χ1) is 15.0. The van der Waals surface area contributed by atoms with E-state index in [1.54, 1.807) is 19.1 Å². The maximum absolute atomic E-state index is 12.5. The van der Waals surface area contributed by atoms with Gasteiger partial charge in [0, 0.05) is 13.2 Å². The van der Waals surface area contributed by atoms with Crippen molar-refractivity contribution >= 4 is 33.4 Å². The first-order valence-corrected chi connectivity index (χ1v) is 11.0. The van der Waals surface area contributed by atoms with Gasteiger partial charge in [-0.2, -0.15) is 4.99 Å². The summed E-state index contributed by atoms with van der Waals surface area (Å²) in [5.41, 5.74) is 2.46. The summed E-state index contributed by atoms with van der Waals surface area (Å²) in [6.45, 7) is 7.47. The number of hydrogen-bond donors (Lipinski definition) is 0. The van der Waals surface area contributed by atoms with Crippen LogP contribution in [0.15, 0.2) is 47.5 Å². The van der Waals surface area contributed by atoms with Gasteiger partial charge in [-0.15, -0.1) is 0 Å². The van der Waals surface area contributed by atoms with Crippen molar-refractivity contribution in [2.75, 3.05) is 26.4 Å². The molecular weight excluding hydrogens is 416 g/mol. The second kappa shape index (κ2) is 10.9. The average Bonchev–Trinajstić information content (AvgIpc) is 3.10. The van der Waals surface area contributed by atoms with E-state index in [-0.39, 0.29) is 18.5 Å². The molecular formula is C23H26N2O5S. The molecule has 0 saturated carbocycles. The summed E-state index contributed by atoms with van der Waals surface area (Å²) in [5, 5.41) is 0. The molecule has 0 aliphatic heterocycles.